The normalized spacial score (nSPS) is 14.0. The third-order valence-electron chi connectivity index (χ3n) is 8.44. The van der Waals surface area contributed by atoms with Crippen LogP contribution in [0.4, 0.5) is 5.69 Å². The topological polar surface area (TPSA) is 91.2 Å². The highest BCUT2D eigenvalue weighted by Gasteiger charge is 2.18. The van der Waals surface area contributed by atoms with E-state index >= 15 is 0 Å². The Labute approximate surface area is 249 Å². The summed E-state index contributed by atoms with van der Waals surface area (Å²) >= 11 is 0. The molecule has 0 bridgehead atoms. The van der Waals surface area contributed by atoms with E-state index in [0.717, 1.165) is 70.2 Å². The Morgan fingerprint density at radius 3 is 2.21 bits per heavy atom. The molecule has 0 radical (unpaired) electrons. The second kappa shape index (κ2) is 11.3. The van der Waals surface area contributed by atoms with Gasteiger partial charge >= 0.3 is 0 Å². The third kappa shape index (κ3) is 5.59. The number of hydrogen-bond acceptors (Lipinski definition) is 5. The molecule has 214 valence electrons. The van der Waals surface area contributed by atoms with Crippen molar-refractivity contribution in [3.05, 3.63) is 126 Å². The van der Waals surface area contributed by atoms with Gasteiger partial charge in [0.25, 0.3) is 0 Å². The molecule has 43 heavy (non-hydrogen) atoms. The van der Waals surface area contributed by atoms with E-state index in [1.807, 2.05) is 108 Å². The van der Waals surface area contributed by atoms with Crippen LogP contribution in [0.2, 0.25) is 0 Å². The van der Waals surface area contributed by atoms with Gasteiger partial charge in [0, 0.05) is 59.8 Å². The Hall–Kier alpha value is -5.01. The molecule has 1 fully saturated rings. The van der Waals surface area contributed by atoms with E-state index in [9.17, 15) is 14.7 Å². The van der Waals surface area contributed by atoms with Crippen molar-refractivity contribution in [3.8, 4) is 5.69 Å². The Bertz CT molecular complexity index is 1930. The first-order valence-corrected chi connectivity index (χ1v) is 14.7. The minimum Gasteiger partial charge on any atom is -0.393 e. The maximum atomic E-state index is 13.1. The highest BCUT2D eigenvalue weighted by Crippen LogP contribution is 2.24. The molecule has 0 aliphatic carbocycles. The van der Waals surface area contributed by atoms with Crippen LogP contribution in [0, 0.1) is 0 Å². The van der Waals surface area contributed by atoms with Gasteiger partial charge in [-0.25, -0.2) is 4.68 Å². The highest BCUT2D eigenvalue weighted by molar-refractivity contribution is 6.00. The summed E-state index contributed by atoms with van der Waals surface area (Å²) in [5, 5.41) is 16.4. The van der Waals surface area contributed by atoms with Crippen LogP contribution in [0.15, 0.2) is 103 Å². The summed E-state index contributed by atoms with van der Waals surface area (Å²) in [4.78, 5) is 31.4. The fraction of sp³-hybridized carbons (Fsp3) is 0.194. The zero-order valence-electron chi connectivity index (χ0n) is 23.7. The molecule has 0 saturated carbocycles. The second-order valence-electron chi connectivity index (χ2n) is 11.4. The van der Waals surface area contributed by atoms with Gasteiger partial charge in [-0.05, 0) is 90.0 Å². The SMILES string of the molecule is O=C(Cc1ccc2c(cnn2-c2ccc(CC(=O)c3ccc4cc[nH]c4c3)cc2)c1)c1ccc(N2CCC(O)CC2)cc1. The number of carbonyl (C=O) groups is 2. The maximum Gasteiger partial charge on any atom is 0.167 e. The molecule has 1 aliphatic rings. The fourth-order valence-electron chi connectivity index (χ4n) is 5.93. The number of anilines is 1. The van der Waals surface area contributed by atoms with Gasteiger partial charge < -0.3 is 15.0 Å². The van der Waals surface area contributed by atoms with Gasteiger partial charge in [0.15, 0.2) is 11.6 Å². The lowest BCUT2D eigenvalue weighted by Gasteiger charge is -2.31. The molecule has 0 amide bonds. The van der Waals surface area contributed by atoms with Crippen LogP contribution in [0.25, 0.3) is 27.5 Å². The van der Waals surface area contributed by atoms with Gasteiger partial charge in [-0.3, -0.25) is 9.59 Å². The number of ketones is 2. The zero-order chi connectivity index (χ0) is 29.3. The Kier molecular flexibility index (Phi) is 7.09. The molecule has 2 aromatic heterocycles. The Morgan fingerprint density at radius 1 is 0.744 bits per heavy atom. The number of carbonyl (C=O) groups excluding carboxylic acids is 2. The Morgan fingerprint density at radius 2 is 1.42 bits per heavy atom. The lowest BCUT2D eigenvalue weighted by Crippen LogP contribution is -2.35. The van der Waals surface area contributed by atoms with Gasteiger partial charge in [0.2, 0.25) is 0 Å². The largest absolute Gasteiger partial charge is 0.393 e. The highest BCUT2D eigenvalue weighted by atomic mass is 16.3. The lowest BCUT2D eigenvalue weighted by molar-refractivity contribution is 0.0985. The van der Waals surface area contributed by atoms with Gasteiger partial charge in [0.05, 0.1) is 23.5 Å². The van der Waals surface area contributed by atoms with Crippen molar-refractivity contribution in [2.45, 2.75) is 31.8 Å². The Balaban J connectivity index is 1.01. The van der Waals surface area contributed by atoms with E-state index in [1.165, 1.54) is 0 Å². The molecule has 2 N–H and O–H groups in total. The first-order valence-electron chi connectivity index (χ1n) is 14.7. The van der Waals surface area contributed by atoms with Gasteiger partial charge in [-0.15, -0.1) is 0 Å². The van der Waals surface area contributed by atoms with Crippen molar-refractivity contribution in [1.82, 2.24) is 14.8 Å². The van der Waals surface area contributed by atoms with E-state index in [0.29, 0.717) is 24.0 Å². The molecule has 3 heterocycles. The number of fused-ring (bicyclic) bond motifs is 2. The lowest BCUT2D eigenvalue weighted by atomic mass is 10.0. The second-order valence-corrected chi connectivity index (χ2v) is 11.4. The van der Waals surface area contributed by atoms with Crippen molar-refractivity contribution in [3.63, 3.8) is 0 Å². The monoisotopic (exact) mass is 568 g/mol. The number of aliphatic hydroxyl groups excluding tert-OH is 1. The van der Waals surface area contributed by atoms with Crippen molar-refractivity contribution in [1.29, 1.82) is 0 Å². The molecular weight excluding hydrogens is 536 g/mol. The standard InChI is InChI=1S/C36H32N4O3/c41-32-14-17-39(18-15-32)30-10-6-27(7-11-30)35(42)21-25-3-12-34-29(19-25)23-38-40(34)31-8-1-24(2-9-31)20-36(43)28-5-4-26-13-16-37-33(26)22-28/h1-13,16,19,22-23,32,37,41H,14-15,17-18,20-21H2. The first kappa shape index (κ1) is 26.9. The summed E-state index contributed by atoms with van der Waals surface area (Å²) in [6.07, 6.45) is 5.69. The third-order valence-corrected chi connectivity index (χ3v) is 8.44. The first-order chi connectivity index (χ1) is 21.0. The van der Waals surface area contributed by atoms with Crippen LogP contribution in [0.5, 0.6) is 0 Å². The summed E-state index contributed by atoms with van der Waals surface area (Å²) in [6, 6.07) is 29.5. The van der Waals surface area contributed by atoms with Crippen molar-refractivity contribution in [2.75, 3.05) is 18.0 Å². The van der Waals surface area contributed by atoms with E-state index in [2.05, 4.69) is 15.0 Å². The summed E-state index contributed by atoms with van der Waals surface area (Å²) in [6.45, 7) is 1.66. The van der Waals surface area contributed by atoms with Crippen LogP contribution >= 0.6 is 0 Å². The molecular formula is C36H32N4O3. The predicted octanol–water partition coefficient (Wildman–Crippen LogP) is 6.32. The number of piperidine rings is 1. The van der Waals surface area contributed by atoms with E-state index in [-0.39, 0.29) is 17.7 Å². The molecule has 7 heteroatoms. The zero-order valence-corrected chi connectivity index (χ0v) is 23.7. The molecule has 4 aromatic carbocycles. The van der Waals surface area contributed by atoms with Crippen LogP contribution < -0.4 is 4.90 Å². The molecule has 0 spiro atoms. The van der Waals surface area contributed by atoms with E-state index in [1.54, 1.807) is 0 Å². The van der Waals surface area contributed by atoms with Crippen LogP contribution in [0.3, 0.4) is 0 Å². The number of aromatic nitrogens is 3. The van der Waals surface area contributed by atoms with Crippen LogP contribution in [-0.4, -0.2) is 50.6 Å². The maximum absolute atomic E-state index is 13.1. The number of rotatable bonds is 8. The summed E-state index contributed by atoms with van der Waals surface area (Å²) in [5.41, 5.74) is 7.19. The van der Waals surface area contributed by atoms with Crippen molar-refractivity contribution in [2.24, 2.45) is 0 Å². The number of benzene rings is 4. The van der Waals surface area contributed by atoms with Crippen LogP contribution in [0.1, 0.15) is 44.7 Å². The quantitative estimate of drug-likeness (QED) is 0.210. The number of nitrogens with zero attached hydrogens (tertiary/aromatic N) is 3. The number of aliphatic hydroxyl groups is 1. The van der Waals surface area contributed by atoms with Gasteiger partial charge in [-0.2, -0.15) is 5.10 Å². The number of Topliss-reactive ketones (excluding diaryl/α,β-unsaturated/α-hetero) is 2. The molecule has 0 atom stereocenters. The fourth-order valence-corrected chi connectivity index (χ4v) is 5.93. The number of H-pyrrole nitrogens is 1. The van der Waals surface area contributed by atoms with Crippen molar-refractivity contribution < 1.29 is 14.7 Å². The molecule has 7 rings (SSSR count). The summed E-state index contributed by atoms with van der Waals surface area (Å²) in [5.74, 6) is 0.153. The van der Waals surface area contributed by atoms with E-state index < -0.39 is 0 Å². The molecule has 7 nitrogen and oxygen atoms in total. The summed E-state index contributed by atoms with van der Waals surface area (Å²) in [7, 11) is 0. The summed E-state index contributed by atoms with van der Waals surface area (Å²) < 4.78 is 1.88. The number of nitrogens with one attached hydrogen (secondary N) is 1. The average molecular weight is 569 g/mol. The number of aromatic amines is 1. The number of hydrogen-bond donors (Lipinski definition) is 2. The van der Waals surface area contributed by atoms with Gasteiger partial charge in [0.1, 0.15) is 0 Å². The predicted molar refractivity (Wildman–Crippen MR) is 169 cm³/mol. The molecule has 0 unspecified atom stereocenters. The average Bonchev–Trinajstić information content (AvgIpc) is 3.68. The molecule has 1 saturated heterocycles. The minimum atomic E-state index is -0.207. The smallest absolute Gasteiger partial charge is 0.167 e. The van der Waals surface area contributed by atoms with E-state index in [4.69, 9.17) is 0 Å². The van der Waals surface area contributed by atoms with Crippen LogP contribution in [-0.2, 0) is 12.8 Å². The molecule has 6 aromatic rings. The molecule has 1 aliphatic heterocycles. The minimum absolute atomic E-state index is 0.0744. The van der Waals surface area contributed by atoms with Gasteiger partial charge in [-0.1, -0.05) is 30.3 Å². The van der Waals surface area contributed by atoms with Crippen molar-refractivity contribution >= 4 is 39.1 Å².